The van der Waals surface area contributed by atoms with Crippen molar-refractivity contribution in [1.82, 2.24) is 4.90 Å². The molecule has 0 bridgehead atoms. The van der Waals surface area contributed by atoms with Crippen LogP contribution in [-0.4, -0.2) is 30.3 Å². The molecule has 0 amide bonds. The average molecular weight is 195 g/mol. The van der Waals surface area contributed by atoms with E-state index in [0.717, 1.165) is 30.9 Å². The van der Waals surface area contributed by atoms with Gasteiger partial charge in [-0.3, -0.25) is 4.90 Å². The van der Waals surface area contributed by atoms with E-state index >= 15 is 0 Å². The summed E-state index contributed by atoms with van der Waals surface area (Å²) in [6.45, 7) is 8.07. The van der Waals surface area contributed by atoms with Crippen LogP contribution in [0.25, 0.3) is 0 Å². The van der Waals surface area contributed by atoms with Crippen LogP contribution in [0.4, 0.5) is 0 Å². The number of rotatable bonds is 1. The molecule has 14 heavy (non-hydrogen) atoms. The highest BCUT2D eigenvalue weighted by molar-refractivity contribution is 5.11. The fraction of sp³-hybridized carbons (Fsp3) is 1.00. The van der Waals surface area contributed by atoms with Gasteiger partial charge < -0.3 is 4.74 Å². The van der Waals surface area contributed by atoms with Gasteiger partial charge in [0.2, 0.25) is 0 Å². The lowest BCUT2D eigenvalue weighted by Crippen LogP contribution is -2.58. The predicted octanol–water partition coefficient (Wildman–Crippen LogP) is 2.10. The van der Waals surface area contributed by atoms with Gasteiger partial charge >= 0.3 is 0 Å². The predicted molar refractivity (Wildman–Crippen MR) is 55.9 cm³/mol. The number of hydrogen-bond donors (Lipinski definition) is 0. The van der Waals surface area contributed by atoms with E-state index in [4.69, 9.17) is 4.74 Å². The van der Waals surface area contributed by atoms with E-state index < -0.39 is 0 Å². The van der Waals surface area contributed by atoms with E-state index in [0.29, 0.717) is 0 Å². The highest BCUT2D eigenvalue weighted by Crippen LogP contribution is 2.63. The van der Waals surface area contributed by atoms with Crippen LogP contribution < -0.4 is 0 Å². The molecule has 2 heteroatoms. The van der Waals surface area contributed by atoms with Crippen molar-refractivity contribution in [1.29, 1.82) is 0 Å². The second-order valence-electron chi connectivity index (χ2n) is 5.27. The molecular weight excluding hydrogens is 174 g/mol. The van der Waals surface area contributed by atoms with Crippen LogP contribution in [0.2, 0.25) is 0 Å². The maximum Gasteiger partial charge on any atom is 0.127 e. The highest BCUT2D eigenvalue weighted by Gasteiger charge is 2.65. The quantitative estimate of drug-likeness (QED) is 0.635. The molecular formula is C12H21NO. The monoisotopic (exact) mass is 195 g/mol. The third kappa shape index (κ3) is 0.989. The topological polar surface area (TPSA) is 12.5 Å². The summed E-state index contributed by atoms with van der Waals surface area (Å²) in [7, 11) is 0. The Morgan fingerprint density at radius 2 is 2.29 bits per heavy atom. The molecule has 4 unspecified atom stereocenters. The first-order valence-electron chi connectivity index (χ1n) is 6.18. The molecule has 0 radical (unpaired) electrons. The van der Waals surface area contributed by atoms with Crippen LogP contribution in [-0.2, 0) is 4.74 Å². The second kappa shape index (κ2) is 2.96. The van der Waals surface area contributed by atoms with Crippen LogP contribution >= 0.6 is 0 Å². The zero-order valence-corrected chi connectivity index (χ0v) is 9.33. The van der Waals surface area contributed by atoms with E-state index in [9.17, 15) is 0 Å². The van der Waals surface area contributed by atoms with Crippen LogP contribution in [0, 0.1) is 17.8 Å². The third-order valence-electron chi connectivity index (χ3n) is 4.60. The minimum absolute atomic E-state index is 0.164. The summed E-state index contributed by atoms with van der Waals surface area (Å²) in [5.41, 5.74) is 0.164. The summed E-state index contributed by atoms with van der Waals surface area (Å²) in [5, 5.41) is 0. The molecule has 2 aliphatic carbocycles. The van der Waals surface area contributed by atoms with Crippen LogP contribution in [0.1, 0.15) is 33.1 Å². The molecule has 0 N–H and O–H groups in total. The van der Waals surface area contributed by atoms with Crippen molar-refractivity contribution >= 4 is 0 Å². The lowest BCUT2D eigenvalue weighted by molar-refractivity contribution is -0.215. The molecule has 2 saturated carbocycles. The second-order valence-corrected chi connectivity index (χ2v) is 5.27. The summed E-state index contributed by atoms with van der Waals surface area (Å²) in [6.07, 6.45) is 4.06. The summed E-state index contributed by atoms with van der Waals surface area (Å²) >= 11 is 0. The van der Waals surface area contributed by atoms with Crippen molar-refractivity contribution in [3.63, 3.8) is 0 Å². The van der Waals surface area contributed by atoms with E-state index in [-0.39, 0.29) is 5.72 Å². The maximum absolute atomic E-state index is 6.22. The SMILES string of the molecule is CCN1CCCOC12C(C)CC1CC12. The van der Waals surface area contributed by atoms with Crippen molar-refractivity contribution < 1.29 is 4.74 Å². The molecule has 80 valence electrons. The first-order chi connectivity index (χ1) is 6.79. The van der Waals surface area contributed by atoms with Gasteiger partial charge in [-0.05, 0) is 37.6 Å². The Hall–Kier alpha value is -0.0800. The number of nitrogens with zero attached hydrogens (tertiary/aromatic N) is 1. The minimum atomic E-state index is 0.164. The van der Waals surface area contributed by atoms with Gasteiger partial charge in [-0.15, -0.1) is 0 Å². The van der Waals surface area contributed by atoms with Gasteiger partial charge in [0.05, 0.1) is 6.61 Å². The molecule has 4 atom stereocenters. The Labute approximate surface area is 86.6 Å². The van der Waals surface area contributed by atoms with Gasteiger partial charge in [-0.25, -0.2) is 0 Å². The summed E-state index contributed by atoms with van der Waals surface area (Å²) in [6, 6.07) is 0. The van der Waals surface area contributed by atoms with Gasteiger partial charge in [0.25, 0.3) is 0 Å². The largest absolute Gasteiger partial charge is 0.360 e. The third-order valence-corrected chi connectivity index (χ3v) is 4.60. The van der Waals surface area contributed by atoms with Gasteiger partial charge in [0.15, 0.2) is 0 Å². The lowest BCUT2D eigenvalue weighted by atomic mass is 9.92. The van der Waals surface area contributed by atoms with E-state index in [1.807, 2.05) is 0 Å². The highest BCUT2D eigenvalue weighted by atomic mass is 16.5. The van der Waals surface area contributed by atoms with Crippen molar-refractivity contribution in [3.8, 4) is 0 Å². The molecule has 0 aromatic carbocycles. The zero-order valence-electron chi connectivity index (χ0n) is 9.33. The number of hydrogen-bond acceptors (Lipinski definition) is 2. The number of fused-ring (bicyclic) bond motifs is 2. The molecule has 1 aliphatic heterocycles. The Bertz CT molecular complexity index is 238. The van der Waals surface area contributed by atoms with Crippen LogP contribution in [0.3, 0.4) is 0 Å². The van der Waals surface area contributed by atoms with Gasteiger partial charge in [-0.1, -0.05) is 13.8 Å². The zero-order chi connectivity index (χ0) is 9.76. The van der Waals surface area contributed by atoms with E-state index in [2.05, 4.69) is 18.7 Å². The van der Waals surface area contributed by atoms with E-state index in [1.54, 1.807) is 0 Å². The molecule has 2 nitrogen and oxygen atoms in total. The first kappa shape index (κ1) is 9.17. The average Bonchev–Trinajstić information content (AvgIpc) is 2.92. The minimum Gasteiger partial charge on any atom is -0.360 e. The van der Waals surface area contributed by atoms with Crippen molar-refractivity contribution in [2.45, 2.75) is 38.8 Å². The Kier molecular flexibility index (Phi) is 1.94. The van der Waals surface area contributed by atoms with Crippen molar-refractivity contribution in [3.05, 3.63) is 0 Å². The standard InChI is InChI=1S/C12H21NO/c1-3-13-5-4-6-14-12(13)9(2)7-10-8-11(10)12/h9-11H,3-8H2,1-2H3. The smallest absolute Gasteiger partial charge is 0.127 e. The molecule has 1 spiro atoms. The summed E-state index contributed by atoms with van der Waals surface area (Å²) in [5.74, 6) is 2.63. The molecule has 1 heterocycles. The van der Waals surface area contributed by atoms with Crippen LogP contribution in [0.5, 0.6) is 0 Å². The Morgan fingerprint density at radius 1 is 1.43 bits per heavy atom. The van der Waals surface area contributed by atoms with E-state index in [1.165, 1.54) is 25.8 Å². The fourth-order valence-electron chi connectivity index (χ4n) is 3.96. The molecule has 1 saturated heterocycles. The maximum atomic E-state index is 6.22. The van der Waals surface area contributed by atoms with Gasteiger partial charge in [0, 0.05) is 12.5 Å². The number of ether oxygens (including phenoxy) is 1. The summed E-state index contributed by atoms with van der Waals surface area (Å²) < 4.78 is 6.22. The van der Waals surface area contributed by atoms with Crippen molar-refractivity contribution in [2.75, 3.05) is 19.7 Å². The fourth-order valence-corrected chi connectivity index (χ4v) is 3.96. The Morgan fingerprint density at radius 3 is 2.93 bits per heavy atom. The van der Waals surface area contributed by atoms with Gasteiger partial charge in [0.1, 0.15) is 5.72 Å². The molecule has 0 aromatic rings. The molecule has 3 fully saturated rings. The molecule has 0 aromatic heterocycles. The molecule has 3 aliphatic rings. The first-order valence-corrected chi connectivity index (χ1v) is 6.18. The lowest BCUT2D eigenvalue weighted by Gasteiger charge is -2.48. The van der Waals surface area contributed by atoms with Crippen LogP contribution in [0.15, 0.2) is 0 Å². The van der Waals surface area contributed by atoms with Gasteiger partial charge in [-0.2, -0.15) is 0 Å². The van der Waals surface area contributed by atoms with Crippen molar-refractivity contribution in [2.24, 2.45) is 17.8 Å². The Balaban J connectivity index is 1.90. The normalized spacial score (nSPS) is 52.3. The summed E-state index contributed by atoms with van der Waals surface area (Å²) in [4.78, 5) is 2.61. The molecule has 3 rings (SSSR count).